The van der Waals surface area contributed by atoms with Crippen molar-refractivity contribution in [2.24, 2.45) is 11.8 Å². The summed E-state index contributed by atoms with van der Waals surface area (Å²) in [5.74, 6) is 1.28. The van der Waals surface area contributed by atoms with Gasteiger partial charge in [-0.3, -0.25) is 9.59 Å². The number of nitrogens with one attached hydrogen (secondary N) is 2. The molecule has 1 heterocycles. The van der Waals surface area contributed by atoms with E-state index in [2.05, 4.69) is 10.6 Å². The third kappa shape index (κ3) is 5.76. The number of aromatic nitrogens is 2. The summed E-state index contributed by atoms with van der Waals surface area (Å²) in [6, 6.07) is 17.9. The lowest BCUT2D eigenvalue weighted by atomic mass is 9.74. The van der Waals surface area contributed by atoms with Crippen molar-refractivity contribution in [3.63, 3.8) is 0 Å². The van der Waals surface area contributed by atoms with Crippen molar-refractivity contribution >= 4 is 34.4 Å². The fourth-order valence-electron chi connectivity index (χ4n) is 5.91. The maximum atomic E-state index is 13.3. The standard InChI is InChI=1S/C30H37N5O2/c1-35(2)28-25-14-8-9-15-26(25)33-30(34-28)32-22-18-16-21(17-19-22)31-29(37)24-13-7-6-12-23(24)27(36)20-10-4-3-5-11-20/h3-5,8-11,14-15,21-24H,6-7,12-13,16-19H2,1-2H3,(H,31,37)(H,32,33,34)/t21?,22?,23?,24-/m1/s1. The summed E-state index contributed by atoms with van der Waals surface area (Å²) >= 11 is 0. The molecule has 2 aliphatic rings. The Morgan fingerprint density at radius 1 is 0.784 bits per heavy atom. The van der Waals surface area contributed by atoms with Crippen molar-refractivity contribution < 1.29 is 9.59 Å². The van der Waals surface area contributed by atoms with Gasteiger partial charge in [-0.25, -0.2) is 4.98 Å². The molecule has 37 heavy (non-hydrogen) atoms. The molecule has 2 saturated carbocycles. The summed E-state index contributed by atoms with van der Waals surface area (Å²) in [5.41, 5.74) is 1.64. The van der Waals surface area contributed by atoms with Gasteiger partial charge in [-0.1, -0.05) is 55.3 Å². The Hall–Kier alpha value is -3.48. The predicted molar refractivity (Wildman–Crippen MR) is 148 cm³/mol. The number of rotatable bonds is 7. The maximum Gasteiger partial charge on any atom is 0.225 e. The van der Waals surface area contributed by atoms with Crippen LogP contribution in [-0.2, 0) is 4.79 Å². The number of ketones is 1. The topological polar surface area (TPSA) is 87.2 Å². The zero-order chi connectivity index (χ0) is 25.8. The summed E-state index contributed by atoms with van der Waals surface area (Å²) < 4.78 is 0. The molecular formula is C30H37N5O2. The van der Waals surface area contributed by atoms with E-state index in [9.17, 15) is 9.59 Å². The van der Waals surface area contributed by atoms with Crippen molar-refractivity contribution in [1.82, 2.24) is 15.3 Å². The van der Waals surface area contributed by atoms with Crippen LogP contribution in [0.2, 0.25) is 0 Å². The fraction of sp³-hybridized carbons (Fsp3) is 0.467. The Kier molecular flexibility index (Phi) is 7.68. The molecule has 2 N–H and O–H groups in total. The van der Waals surface area contributed by atoms with Crippen LogP contribution < -0.4 is 15.5 Å². The number of hydrogen-bond acceptors (Lipinski definition) is 6. The van der Waals surface area contributed by atoms with Crippen LogP contribution in [-0.4, -0.2) is 47.8 Å². The largest absolute Gasteiger partial charge is 0.362 e. The summed E-state index contributed by atoms with van der Waals surface area (Å²) in [6.45, 7) is 0. The molecule has 2 aliphatic carbocycles. The van der Waals surface area contributed by atoms with E-state index in [0.717, 1.165) is 68.1 Å². The van der Waals surface area contributed by atoms with Crippen LogP contribution in [0.3, 0.4) is 0 Å². The molecule has 2 atom stereocenters. The Morgan fingerprint density at radius 3 is 2.16 bits per heavy atom. The first kappa shape index (κ1) is 25.2. The number of nitrogens with zero attached hydrogens (tertiary/aromatic N) is 3. The molecule has 3 aromatic rings. The second-order valence-electron chi connectivity index (χ2n) is 10.7. The lowest BCUT2D eigenvalue weighted by Gasteiger charge is -2.34. The predicted octanol–water partition coefficient (Wildman–Crippen LogP) is 5.22. The number of fused-ring (bicyclic) bond motifs is 1. The van der Waals surface area contributed by atoms with Gasteiger partial charge in [-0.15, -0.1) is 0 Å². The zero-order valence-corrected chi connectivity index (χ0v) is 21.8. The number of anilines is 2. The first-order chi connectivity index (χ1) is 18.0. The normalized spacial score (nSPS) is 23.8. The van der Waals surface area contributed by atoms with E-state index in [-0.39, 0.29) is 35.6 Å². The number of benzene rings is 2. The molecule has 0 saturated heterocycles. The number of carbonyl (C=O) groups is 2. The molecule has 5 rings (SSSR count). The molecule has 1 unspecified atom stereocenters. The van der Waals surface area contributed by atoms with Crippen molar-refractivity contribution in [2.45, 2.75) is 63.5 Å². The average Bonchev–Trinajstić information content (AvgIpc) is 2.93. The van der Waals surface area contributed by atoms with E-state index < -0.39 is 0 Å². The first-order valence-corrected chi connectivity index (χ1v) is 13.6. The number of Topliss-reactive ketones (excluding diaryl/α,β-unsaturated/α-hetero) is 1. The molecule has 0 bridgehead atoms. The minimum Gasteiger partial charge on any atom is -0.362 e. The van der Waals surface area contributed by atoms with Gasteiger partial charge in [0, 0.05) is 49.0 Å². The van der Waals surface area contributed by atoms with Gasteiger partial charge in [0.1, 0.15) is 5.82 Å². The molecular weight excluding hydrogens is 462 g/mol. The summed E-state index contributed by atoms with van der Waals surface area (Å²) in [4.78, 5) is 38.0. The molecule has 194 valence electrons. The summed E-state index contributed by atoms with van der Waals surface area (Å²) in [5, 5.41) is 7.88. The van der Waals surface area contributed by atoms with E-state index in [1.807, 2.05) is 73.6 Å². The van der Waals surface area contributed by atoms with Gasteiger partial charge in [0.05, 0.1) is 5.52 Å². The van der Waals surface area contributed by atoms with E-state index in [0.29, 0.717) is 11.5 Å². The highest BCUT2D eigenvalue weighted by Crippen LogP contribution is 2.34. The first-order valence-electron chi connectivity index (χ1n) is 13.6. The van der Waals surface area contributed by atoms with Crippen molar-refractivity contribution in [2.75, 3.05) is 24.3 Å². The number of hydrogen-bond donors (Lipinski definition) is 2. The zero-order valence-electron chi connectivity index (χ0n) is 21.8. The minimum absolute atomic E-state index is 0.0545. The Labute approximate surface area is 219 Å². The molecule has 0 aliphatic heterocycles. The molecule has 1 amide bonds. The van der Waals surface area contributed by atoms with Crippen LogP contribution in [0.4, 0.5) is 11.8 Å². The van der Waals surface area contributed by atoms with Gasteiger partial charge in [0.25, 0.3) is 0 Å². The van der Waals surface area contributed by atoms with Gasteiger partial charge >= 0.3 is 0 Å². The van der Waals surface area contributed by atoms with Gasteiger partial charge in [-0.2, -0.15) is 4.98 Å². The van der Waals surface area contributed by atoms with Crippen molar-refractivity contribution in [3.8, 4) is 0 Å². The summed E-state index contributed by atoms with van der Waals surface area (Å²) in [7, 11) is 3.99. The molecule has 7 heteroatoms. The highest BCUT2D eigenvalue weighted by atomic mass is 16.2. The lowest BCUT2D eigenvalue weighted by molar-refractivity contribution is -0.128. The van der Waals surface area contributed by atoms with Gasteiger partial charge in [0.2, 0.25) is 11.9 Å². The van der Waals surface area contributed by atoms with E-state index in [4.69, 9.17) is 9.97 Å². The quantitative estimate of drug-likeness (QED) is 0.433. The van der Waals surface area contributed by atoms with Gasteiger partial charge < -0.3 is 15.5 Å². The Morgan fingerprint density at radius 2 is 1.43 bits per heavy atom. The second-order valence-corrected chi connectivity index (χ2v) is 10.7. The third-order valence-electron chi connectivity index (χ3n) is 7.91. The van der Waals surface area contributed by atoms with Crippen LogP contribution in [0.5, 0.6) is 0 Å². The lowest BCUT2D eigenvalue weighted by Crippen LogP contribution is -2.46. The molecule has 0 radical (unpaired) electrons. The van der Waals surface area contributed by atoms with E-state index in [1.165, 1.54) is 0 Å². The average molecular weight is 500 g/mol. The maximum absolute atomic E-state index is 13.3. The van der Waals surface area contributed by atoms with Crippen LogP contribution in [0.15, 0.2) is 54.6 Å². The fourth-order valence-corrected chi connectivity index (χ4v) is 5.91. The molecule has 0 spiro atoms. The van der Waals surface area contributed by atoms with Gasteiger partial charge in [-0.05, 0) is 50.7 Å². The molecule has 7 nitrogen and oxygen atoms in total. The molecule has 2 aromatic carbocycles. The highest BCUT2D eigenvalue weighted by Gasteiger charge is 2.37. The van der Waals surface area contributed by atoms with Crippen LogP contribution in [0.1, 0.15) is 61.7 Å². The Balaban J connectivity index is 1.18. The molecule has 1 aromatic heterocycles. The Bertz CT molecular complexity index is 1240. The monoisotopic (exact) mass is 499 g/mol. The number of carbonyl (C=O) groups excluding carboxylic acids is 2. The van der Waals surface area contributed by atoms with E-state index in [1.54, 1.807) is 0 Å². The molecule has 2 fully saturated rings. The van der Waals surface area contributed by atoms with Gasteiger partial charge in [0.15, 0.2) is 5.78 Å². The number of amides is 1. The third-order valence-corrected chi connectivity index (χ3v) is 7.91. The van der Waals surface area contributed by atoms with Crippen LogP contribution in [0.25, 0.3) is 10.9 Å². The summed E-state index contributed by atoms with van der Waals surface area (Å²) in [6.07, 6.45) is 7.29. The smallest absolute Gasteiger partial charge is 0.225 e. The second kappa shape index (κ2) is 11.3. The van der Waals surface area contributed by atoms with Crippen molar-refractivity contribution in [3.05, 3.63) is 60.2 Å². The van der Waals surface area contributed by atoms with Crippen molar-refractivity contribution in [1.29, 1.82) is 0 Å². The van der Waals surface area contributed by atoms with Crippen LogP contribution >= 0.6 is 0 Å². The number of para-hydroxylation sites is 1. The van der Waals surface area contributed by atoms with Crippen LogP contribution in [0, 0.1) is 11.8 Å². The SMILES string of the molecule is CN(C)c1nc(NC2CCC(NC(=O)[C@@H]3CCCCC3C(=O)c3ccccc3)CC2)nc2ccccc12. The highest BCUT2D eigenvalue weighted by molar-refractivity contribution is 6.00. The van der Waals surface area contributed by atoms with E-state index >= 15 is 0 Å². The minimum atomic E-state index is -0.229.